The average molecular weight is 758 g/mol. The maximum Gasteiger partial charge on any atom is 0.164 e. The van der Waals surface area contributed by atoms with E-state index in [1.165, 1.54) is 0 Å². The second kappa shape index (κ2) is 18.4. The molecule has 0 saturated heterocycles. The lowest BCUT2D eigenvalue weighted by atomic mass is 10.1. The summed E-state index contributed by atoms with van der Waals surface area (Å²) in [4.78, 5) is 6.61. The molecule has 9 nitrogen and oxygen atoms in total. The summed E-state index contributed by atoms with van der Waals surface area (Å²) in [7, 11) is 0. The minimum atomic E-state index is -0.993. The first kappa shape index (κ1) is 38.1. The lowest BCUT2D eigenvalue weighted by molar-refractivity contribution is 0.0536. The SMILES string of the molecule is O/C=C(/O)COc1ccc(N(c2ccc(OCC(O)CO)cc2)c2cc(N(c3ccccc3)c3ccccc3)cc(N(c3ccccc3)c3ccccc3)c2)cc1. The number of hydrogen-bond donors (Lipinski definition) is 4. The number of anilines is 9. The van der Waals surface area contributed by atoms with Crippen LogP contribution >= 0.6 is 0 Å². The van der Waals surface area contributed by atoms with Crippen molar-refractivity contribution < 1.29 is 29.9 Å². The molecule has 0 saturated carbocycles. The Hall–Kier alpha value is -7.20. The Bertz CT molecular complexity index is 2150. The van der Waals surface area contributed by atoms with Crippen LogP contribution in [0.3, 0.4) is 0 Å². The third kappa shape index (κ3) is 9.37. The van der Waals surface area contributed by atoms with E-state index in [2.05, 4.69) is 81.4 Å². The number of nitrogens with zero attached hydrogens (tertiary/aromatic N) is 3. The molecule has 7 aromatic carbocycles. The molecule has 0 heterocycles. The van der Waals surface area contributed by atoms with E-state index in [1.807, 2.05) is 121 Å². The summed E-state index contributed by atoms with van der Waals surface area (Å²) in [6.07, 6.45) is -0.381. The van der Waals surface area contributed by atoms with E-state index >= 15 is 0 Å². The van der Waals surface area contributed by atoms with Crippen molar-refractivity contribution in [1.82, 2.24) is 0 Å². The van der Waals surface area contributed by atoms with Crippen LogP contribution in [-0.4, -0.2) is 46.4 Å². The van der Waals surface area contributed by atoms with Gasteiger partial charge in [0.15, 0.2) is 5.76 Å². The molecule has 0 aromatic heterocycles. The van der Waals surface area contributed by atoms with E-state index < -0.39 is 12.7 Å². The van der Waals surface area contributed by atoms with E-state index in [1.54, 1.807) is 0 Å². The Morgan fingerprint density at radius 1 is 0.456 bits per heavy atom. The topological polar surface area (TPSA) is 109 Å². The third-order valence-electron chi connectivity index (χ3n) is 9.10. The van der Waals surface area contributed by atoms with E-state index in [0.29, 0.717) is 17.8 Å². The minimum absolute atomic E-state index is 0.0446. The van der Waals surface area contributed by atoms with E-state index in [0.717, 1.165) is 51.2 Å². The second-order valence-electron chi connectivity index (χ2n) is 13.1. The van der Waals surface area contributed by atoms with Crippen molar-refractivity contribution in [2.24, 2.45) is 0 Å². The van der Waals surface area contributed by atoms with Crippen molar-refractivity contribution in [2.75, 3.05) is 34.5 Å². The molecule has 286 valence electrons. The predicted molar refractivity (Wildman–Crippen MR) is 228 cm³/mol. The number of aliphatic hydroxyl groups excluding tert-OH is 4. The Labute approximate surface area is 332 Å². The quantitative estimate of drug-likeness (QED) is 0.0716. The van der Waals surface area contributed by atoms with Crippen LogP contribution in [0.1, 0.15) is 0 Å². The Balaban J connectivity index is 1.45. The lowest BCUT2D eigenvalue weighted by Gasteiger charge is -2.33. The Kier molecular flexibility index (Phi) is 12.3. The highest BCUT2D eigenvalue weighted by atomic mass is 16.5. The number of ether oxygens (including phenoxy) is 2. The number of hydrogen-bond acceptors (Lipinski definition) is 9. The second-order valence-corrected chi connectivity index (χ2v) is 13.1. The molecule has 1 atom stereocenters. The van der Waals surface area contributed by atoms with Gasteiger partial charge in [-0.05, 0) is 115 Å². The van der Waals surface area contributed by atoms with Gasteiger partial charge in [0.25, 0.3) is 0 Å². The fourth-order valence-electron chi connectivity index (χ4n) is 6.44. The summed E-state index contributed by atoms with van der Waals surface area (Å²) in [5.41, 5.74) is 8.23. The van der Waals surface area contributed by atoms with Crippen molar-refractivity contribution in [3.8, 4) is 11.5 Å². The van der Waals surface area contributed by atoms with Crippen molar-refractivity contribution in [1.29, 1.82) is 0 Å². The molecule has 0 radical (unpaired) electrons. The molecule has 7 rings (SSSR count). The smallest absolute Gasteiger partial charge is 0.164 e. The molecule has 0 aliphatic carbocycles. The highest BCUT2D eigenvalue weighted by Gasteiger charge is 2.22. The van der Waals surface area contributed by atoms with Gasteiger partial charge in [0.1, 0.15) is 37.1 Å². The van der Waals surface area contributed by atoms with Gasteiger partial charge in [-0.3, -0.25) is 0 Å². The van der Waals surface area contributed by atoms with E-state index in [9.17, 15) is 15.3 Å². The van der Waals surface area contributed by atoms with Gasteiger partial charge in [-0.2, -0.15) is 0 Å². The molecule has 57 heavy (non-hydrogen) atoms. The maximum absolute atomic E-state index is 9.90. The van der Waals surface area contributed by atoms with Gasteiger partial charge in [0.2, 0.25) is 0 Å². The van der Waals surface area contributed by atoms with Crippen LogP contribution in [0.2, 0.25) is 0 Å². The molecule has 9 heteroatoms. The molecule has 0 fully saturated rings. The molecule has 0 spiro atoms. The monoisotopic (exact) mass is 757 g/mol. The van der Waals surface area contributed by atoms with Gasteiger partial charge in [-0.1, -0.05) is 72.8 Å². The minimum Gasteiger partial charge on any atom is -0.512 e. The van der Waals surface area contributed by atoms with Crippen molar-refractivity contribution >= 4 is 51.2 Å². The zero-order valence-electron chi connectivity index (χ0n) is 31.1. The van der Waals surface area contributed by atoms with Crippen LogP contribution in [0.4, 0.5) is 51.2 Å². The highest BCUT2D eigenvalue weighted by Crippen LogP contribution is 2.46. The molecule has 0 amide bonds. The Morgan fingerprint density at radius 3 is 1.09 bits per heavy atom. The van der Waals surface area contributed by atoms with Gasteiger partial charge in [-0.25, -0.2) is 0 Å². The molecule has 0 aliphatic rings. The van der Waals surface area contributed by atoms with Crippen molar-refractivity contribution in [2.45, 2.75) is 6.10 Å². The predicted octanol–water partition coefficient (Wildman–Crippen LogP) is 11.2. The molecule has 4 N–H and O–H groups in total. The number of aliphatic hydroxyl groups is 4. The van der Waals surface area contributed by atoms with Crippen LogP contribution in [0.5, 0.6) is 11.5 Å². The van der Waals surface area contributed by atoms with Gasteiger partial charge in [0, 0.05) is 34.1 Å². The fraction of sp³-hybridized carbons (Fsp3) is 0.0833. The number of para-hydroxylation sites is 4. The first-order valence-corrected chi connectivity index (χ1v) is 18.5. The van der Waals surface area contributed by atoms with Gasteiger partial charge in [-0.15, -0.1) is 0 Å². The molecular formula is C48H43N3O6. The van der Waals surface area contributed by atoms with Crippen LogP contribution in [0, 0.1) is 0 Å². The van der Waals surface area contributed by atoms with E-state index in [4.69, 9.17) is 14.6 Å². The zero-order chi connectivity index (χ0) is 39.4. The maximum atomic E-state index is 9.90. The molecular weight excluding hydrogens is 715 g/mol. The summed E-state index contributed by atoms with van der Waals surface area (Å²) in [6, 6.07) is 62.6. The normalized spacial score (nSPS) is 11.7. The largest absolute Gasteiger partial charge is 0.512 e. The molecule has 0 bridgehead atoms. The summed E-state index contributed by atoms with van der Waals surface area (Å²) in [5, 5.41) is 38.1. The van der Waals surface area contributed by atoms with Gasteiger partial charge < -0.3 is 44.6 Å². The summed E-state index contributed by atoms with van der Waals surface area (Å²) >= 11 is 0. The summed E-state index contributed by atoms with van der Waals surface area (Å²) in [5.74, 6) is 0.757. The van der Waals surface area contributed by atoms with Crippen LogP contribution < -0.4 is 24.2 Å². The standard InChI is InChI=1S/C48H43N3O6/c52-32-45(54)34-56-47-25-21-40(22-26-47)51(41-23-27-48(28-24-41)57-35-46(55)33-53)44-30-42(49(36-13-5-1-6-14-36)37-15-7-2-8-16-37)29-43(31-44)50(38-17-9-3-10-18-38)39-19-11-4-12-20-39/h1-32,46,52-55H,33-35H2/b45-32+. The van der Waals surface area contributed by atoms with Crippen LogP contribution in [0.15, 0.2) is 200 Å². The fourth-order valence-corrected chi connectivity index (χ4v) is 6.44. The first-order chi connectivity index (χ1) is 28.0. The lowest BCUT2D eigenvalue weighted by Crippen LogP contribution is -2.21. The molecule has 1 unspecified atom stereocenters. The van der Waals surface area contributed by atoms with Crippen LogP contribution in [0.25, 0.3) is 0 Å². The van der Waals surface area contributed by atoms with Crippen molar-refractivity contribution in [3.05, 3.63) is 200 Å². The summed E-state index contributed by atoms with van der Waals surface area (Å²) in [6.45, 7) is -0.621. The molecule has 7 aromatic rings. The third-order valence-corrected chi connectivity index (χ3v) is 9.10. The van der Waals surface area contributed by atoms with Gasteiger partial charge in [0.05, 0.1) is 23.7 Å². The number of rotatable bonds is 16. The Morgan fingerprint density at radius 2 is 0.772 bits per heavy atom. The van der Waals surface area contributed by atoms with Crippen molar-refractivity contribution in [3.63, 3.8) is 0 Å². The van der Waals surface area contributed by atoms with Gasteiger partial charge >= 0.3 is 0 Å². The first-order valence-electron chi connectivity index (χ1n) is 18.5. The van der Waals surface area contributed by atoms with E-state index in [-0.39, 0.29) is 19.0 Å². The average Bonchev–Trinajstić information content (AvgIpc) is 3.27. The summed E-state index contributed by atoms with van der Waals surface area (Å²) < 4.78 is 11.5. The number of benzene rings is 7. The zero-order valence-corrected chi connectivity index (χ0v) is 31.1. The highest BCUT2D eigenvalue weighted by molar-refractivity contribution is 5.89. The van der Waals surface area contributed by atoms with Crippen LogP contribution in [-0.2, 0) is 0 Å². The molecule has 0 aliphatic heterocycles.